The molecule has 19 heavy (non-hydrogen) atoms. The van der Waals surface area contributed by atoms with Gasteiger partial charge in [0.2, 0.25) is 5.43 Å². The predicted molar refractivity (Wildman–Crippen MR) is 77.2 cm³/mol. The molecule has 6 heteroatoms. The van der Waals surface area contributed by atoms with Crippen molar-refractivity contribution >= 4 is 24.8 Å². The zero-order valence-electron chi connectivity index (χ0n) is 11.5. The molecule has 0 aliphatic carbocycles. The zero-order chi connectivity index (χ0) is 14.3. The van der Waals surface area contributed by atoms with Gasteiger partial charge in [-0.25, -0.2) is 0 Å². The van der Waals surface area contributed by atoms with Gasteiger partial charge in [0.25, 0.3) is 0 Å². The summed E-state index contributed by atoms with van der Waals surface area (Å²) in [6.07, 6.45) is 4.71. The van der Waals surface area contributed by atoms with E-state index in [1.807, 2.05) is 27.7 Å². The van der Waals surface area contributed by atoms with E-state index in [1.54, 1.807) is 18.2 Å². The Bertz CT molecular complexity index is 549. The highest BCUT2D eigenvalue weighted by Crippen LogP contribution is 2.36. The highest BCUT2D eigenvalue weighted by atomic mass is 35.5. The fourth-order valence-electron chi connectivity index (χ4n) is 1.75. The Balaban J connectivity index is 2.18. The van der Waals surface area contributed by atoms with E-state index in [-0.39, 0.29) is 21.7 Å². The van der Waals surface area contributed by atoms with Crippen LogP contribution in [0.3, 0.4) is 0 Å². The molecule has 1 fully saturated rings. The fraction of sp³-hybridized carbons (Fsp3) is 0.462. The summed E-state index contributed by atoms with van der Waals surface area (Å²) in [6, 6.07) is 0. The number of halogens is 1. The van der Waals surface area contributed by atoms with E-state index < -0.39 is 7.12 Å². The van der Waals surface area contributed by atoms with Crippen LogP contribution in [0.4, 0.5) is 0 Å². The lowest BCUT2D eigenvalue weighted by molar-refractivity contribution is 0.00578. The number of hydrogen-bond donors (Lipinski definition) is 1. The van der Waals surface area contributed by atoms with Gasteiger partial charge in [-0.1, -0.05) is 23.7 Å². The van der Waals surface area contributed by atoms with Gasteiger partial charge in [-0.2, -0.15) is 0 Å². The average molecular weight is 282 g/mol. The Morgan fingerprint density at radius 2 is 1.79 bits per heavy atom. The van der Waals surface area contributed by atoms with Crippen LogP contribution in [0, 0.1) is 0 Å². The predicted octanol–water partition coefficient (Wildman–Crippen LogP) is 2.67. The molecule has 0 spiro atoms. The Labute approximate surface area is 117 Å². The summed E-state index contributed by atoms with van der Waals surface area (Å²) in [5.41, 5.74) is -0.513. The summed E-state index contributed by atoms with van der Waals surface area (Å²) in [7, 11) is -0.469. The first-order chi connectivity index (χ1) is 8.73. The summed E-state index contributed by atoms with van der Waals surface area (Å²) in [5.74, 6) is 1.72. The number of nitrogens with one attached hydrogen (secondary N) is 1. The SMILES string of the molecule is CC1(C)OB(/C=C/c2c[nH]cc(Cl)c2=O)OC1(C)C. The third-order valence-electron chi connectivity index (χ3n) is 3.63. The van der Waals surface area contributed by atoms with Crippen molar-refractivity contribution in [2.24, 2.45) is 0 Å². The van der Waals surface area contributed by atoms with Crippen molar-refractivity contribution in [3.05, 3.63) is 39.2 Å². The van der Waals surface area contributed by atoms with Gasteiger partial charge in [0.05, 0.1) is 11.2 Å². The number of hydrogen-bond acceptors (Lipinski definition) is 3. The number of H-pyrrole nitrogens is 1. The van der Waals surface area contributed by atoms with Crippen LogP contribution in [0.25, 0.3) is 6.08 Å². The fourth-order valence-corrected chi connectivity index (χ4v) is 1.92. The molecule has 2 heterocycles. The molecule has 0 bridgehead atoms. The van der Waals surface area contributed by atoms with Gasteiger partial charge >= 0.3 is 7.12 Å². The zero-order valence-corrected chi connectivity index (χ0v) is 12.2. The molecule has 0 saturated carbocycles. The topological polar surface area (TPSA) is 51.3 Å². The summed E-state index contributed by atoms with van der Waals surface area (Å²) in [5, 5.41) is 0.163. The lowest BCUT2D eigenvalue weighted by Crippen LogP contribution is -2.41. The third-order valence-corrected chi connectivity index (χ3v) is 3.91. The molecule has 102 valence electrons. The van der Waals surface area contributed by atoms with Gasteiger partial charge in [-0.05, 0) is 27.7 Å². The molecule has 1 aliphatic heterocycles. The minimum atomic E-state index is -0.469. The summed E-state index contributed by atoms with van der Waals surface area (Å²) in [4.78, 5) is 14.6. The van der Waals surface area contributed by atoms with Crippen LogP contribution in [-0.4, -0.2) is 23.3 Å². The number of aromatic nitrogens is 1. The standard InChI is InChI=1S/C13H17BClNO3/c1-12(2)13(3,4)19-14(18-12)6-5-9-7-16-8-10(15)11(9)17/h5-8H,1-4H3,(H,16,17)/b6-5+. The average Bonchev–Trinajstić information content (AvgIpc) is 2.50. The maximum absolute atomic E-state index is 11.7. The molecule has 4 nitrogen and oxygen atoms in total. The van der Waals surface area contributed by atoms with E-state index in [0.717, 1.165) is 0 Å². The largest absolute Gasteiger partial charge is 0.487 e. The Morgan fingerprint density at radius 3 is 2.37 bits per heavy atom. The van der Waals surface area contributed by atoms with E-state index in [1.165, 1.54) is 6.20 Å². The molecule has 1 aromatic rings. The van der Waals surface area contributed by atoms with E-state index in [4.69, 9.17) is 20.9 Å². The molecular formula is C13H17BClNO3. The van der Waals surface area contributed by atoms with Gasteiger partial charge in [0.1, 0.15) is 5.02 Å². The summed E-state index contributed by atoms with van der Waals surface area (Å²) < 4.78 is 11.6. The summed E-state index contributed by atoms with van der Waals surface area (Å²) in [6.45, 7) is 7.92. The van der Waals surface area contributed by atoms with Gasteiger partial charge in [0, 0.05) is 18.0 Å². The van der Waals surface area contributed by atoms with E-state index in [2.05, 4.69) is 4.98 Å². The van der Waals surface area contributed by atoms with Crippen molar-refractivity contribution in [2.45, 2.75) is 38.9 Å². The molecule has 0 radical (unpaired) electrons. The van der Waals surface area contributed by atoms with Gasteiger partial charge in [0.15, 0.2) is 0 Å². The van der Waals surface area contributed by atoms with Crippen LogP contribution in [0.5, 0.6) is 0 Å². The van der Waals surface area contributed by atoms with Crippen molar-refractivity contribution in [1.82, 2.24) is 4.98 Å². The lowest BCUT2D eigenvalue weighted by Gasteiger charge is -2.32. The maximum Gasteiger partial charge on any atom is 0.487 e. The molecule has 1 aromatic heterocycles. The highest BCUT2D eigenvalue weighted by molar-refractivity contribution is 6.52. The van der Waals surface area contributed by atoms with Crippen LogP contribution in [0.2, 0.25) is 5.02 Å². The van der Waals surface area contributed by atoms with Crippen LogP contribution in [0.1, 0.15) is 33.3 Å². The Kier molecular flexibility index (Phi) is 3.64. The lowest BCUT2D eigenvalue weighted by atomic mass is 9.89. The van der Waals surface area contributed by atoms with Crippen LogP contribution >= 0.6 is 11.6 Å². The van der Waals surface area contributed by atoms with E-state index >= 15 is 0 Å². The number of aromatic amines is 1. The number of rotatable bonds is 2. The van der Waals surface area contributed by atoms with Crippen molar-refractivity contribution in [3.63, 3.8) is 0 Å². The first kappa shape index (κ1) is 14.4. The van der Waals surface area contributed by atoms with Crippen LogP contribution in [0.15, 0.2) is 23.2 Å². The minimum absolute atomic E-state index is 0.163. The maximum atomic E-state index is 11.7. The smallest absolute Gasteiger partial charge is 0.400 e. The molecule has 0 atom stereocenters. The molecule has 0 unspecified atom stereocenters. The highest BCUT2D eigenvalue weighted by Gasteiger charge is 2.49. The van der Waals surface area contributed by atoms with Crippen molar-refractivity contribution in [3.8, 4) is 0 Å². The Morgan fingerprint density at radius 1 is 1.21 bits per heavy atom. The van der Waals surface area contributed by atoms with Gasteiger partial charge < -0.3 is 14.3 Å². The Hall–Kier alpha value is -1.04. The molecule has 0 aromatic carbocycles. The third kappa shape index (κ3) is 2.78. The second-order valence-corrected chi connectivity index (χ2v) is 5.98. The normalized spacial score (nSPS) is 21.2. The molecule has 0 amide bonds. The van der Waals surface area contributed by atoms with Gasteiger partial charge in [-0.3, -0.25) is 4.79 Å². The van der Waals surface area contributed by atoms with Crippen LogP contribution in [-0.2, 0) is 9.31 Å². The van der Waals surface area contributed by atoms with Crippen molar-refractivity contribution in [1.29, 1.82) is 0 Å². The molecule has 1 saturated heterocycles. The van der Waals surface area contributed by atoms with Crippen molar-refractivity contribution < 1.29 is 9.31 Å². The second kappa shape index (κ2) is 4.82. The van der Waals surface area contributed by atoms with Crippen molar-refractivity contribution in [2.75, 3.05) is 0 Å². The summed E-state index contributed by atoms with van der Waals surface area (Å²) >= 11 is 5.76. The molecular weight excluding hydrogens is 264 g/mol. The quantitative estimate of drug-likeness (QED) is 0.848. The number of pyridine rings is 1. The second-order valence-electron chi connectivity index (χ2n) is 5.57. The monoisotopic (exact) mass is 281 g/mol. The first-order valence-electron chi connectivity index (χ1n) is 6.13. The molecule has 1 N–H and O–H groups in total. The van der Waals surface area contributed by atoms with Crippen LogP contribution < -0.4 is 5.43 Å². The molecule has 2 rings (SSSR count). The van der Waals surface area contributed by atoms with E-state index in [9.17, 15) is 4.79 Å². The van der Waals surface area contributed by atoms with E-state index in [0.29, 0.717) is 5.56 Å². The minimum Gasteiger partial charge on any atom is -0.400 e. The molecule has 1 aliphatic rings. The first-order valence-corrected chi connectivity index (χ1v) is 6.51. The van der Waals surface area contributed by atoms with Gasteiger partial charge in [-0.15, -0.1) is 0 Å².